The van der Waals surface area contributed by atoms with Gasteiger partial charge < -0.3 is 10.6 Å². The zero-order valence-electron chi connectivity index (χ0n) is 15.2. The lowest BCUT2D eigenvalue weighted by Crippen LogP contribution is -2.87. The van der Waals surface area contributed by atoms with E-state index in [9.17, 15) is 18.0 Å². The molecule has 0 unspecified atom stereocenters. The highest BCUT2D eigenvalue weighted by molar-refractivity contribution is 5.94. The van der Waals surface area contributed by atoms with Crippen molar-refractivity contribution in [1.29, 1.82) is 0 Å². The van der Waals surface area contributed by atoms with E-state index in [0.717, 1.165) is 11.6 Å². The lowest BCUT2D eigenvalue weighted by Gasteiger charge is -2.21. The third-order valence-corrected chi connectivity index (χ3v) is 4.49. The Labute approximate surface area is 161 Å². The average molecular weight is 385 g/mol. The Morgan fingerprint density at radius 2 is 1.54 bits per heavy atom. The number of benzene rings is 3. The maximum absolute atomic E-state index is 14.1. The molecule has 6 heteroatoms. The van der Waals surface area contributed by atoms with Gasteiger partial charge >= 0.3 is 0 Å². The van der Waals surface area contributed by atoms with Crippen molar-refractivity contribution in [2.45, 2.75) is 19.0 Å². The van der Waals surface area contributed by atoms with Gasteiger partial charge in [-0.05, 0) is 43.3 Å². The van der Waals surface area contributed by atoms with Gasteiger partial charge in [0, 0.05) is 22.9 Å². The number of rotatable bonds is 6. The predicted molar refractivity (Wildman–Crippen MR) is 101 cm³/mol. The minimum Gasteiger partial charge on any atom is -0.326 e. The van der Waals surface area contributed by atoms with Crippen LogP contribution in [0.25, 0.3) is 0 Å². The second-order valence-corrected chi connectivity index (χ2v) is 6.53. The van der Waals surface area contributed by atoms with Crippen LogP contribution < -0.4 is 10.6 Å². The third kappa shape index (κ3) is 4.78. The maximum Gasteiger partial charge on any atom is 0.287 e. The van der Waals surface area contributed by atoms with E-state index in [-0.39, 0.29) is 5.91 Å². The summed E-state index contributed by atoms with van der Waals surface area (Å²) in [7, 11) is 0. The molecule has 3 nitrogen and oxygen atoms in total. The van der Waals surface area contributed by atoms with Crippen molar-refractivity contribution in [2.24, 2.45) is 0 Å². The molecule has 0 aliphatic rings. The molecular weight excluding hydrogens is 365 g/mol. The van der Waals surface area contributed by atoms with Crippen molar-refractivity contribution in [3.63, 3.8) is 0 Å². The molecule has 28 heavy (non-hydrogen) atoms. The van der Waals surface area contributed by atoms with E-state index in [2.05, 4.69) is 5.32 Å². The van der Waals surface area contributed by atoms with Gasteiger partial charge in [-0.2, -0.15) is 0 Å². The molecule has 0 aromatic heterocycles. The molecule has 0 saturated heterocycles. The summed E-state index contributed by atoms with van der Waals surface area (Å²) in [6, 6.07) is 16.8. The standard InChI is InChI=1S/C22H19F3N2O/c1-14(19-12-9-17(24)13-20(19)25)26-21(15-5-3-2-4-6-15)22(28)27-18-10-7-16(23)8-11-18/h2-14,21,26H,1H3,(H,27,28)/p+1/t14-,21+/m0/s1. The van der Waals surface area contributed by atoms with Crippen LogP contribution in [0.3, 0.4) is 0 Å². The van der Waals surface area contributed by atoms with Crippen molar-refractivity contribution in [2.75, 3.05) is 5.32 Å². The molecule has 0 fully saturated rings. The fraction of sp³-hybridized carbons (Fsp3) is 0.136. The molecule has 3 rings (SSSR count). The smallest absolute Gasteiger partial charge is 0.287 e. The predicted octanol–water partition coefficient (Wildman–Crippen LogP) is 4.11. The lowest BCUT2D eigenvalue weighted by molar-refractivity contribution is -0.719. The number of halogens is 3. The van der Waals surface area contributed by atoms with Crippen LogP contribution in [0.2, 0.25) is 0 Å². The summed E-state index contributed by atoms with van der Waals surface area (Å²) in [6.45, 7) is 1.75. The fourth-order valence-electron chi connectivity index (χ4n) is 3.03. The van der Waals surface area contributed by atoms with Gasteiger partial charge in [-0.25, -0.2) is 13.2 Å². The van der Waals surface area contributed by atoms with Crippen LogP contribution in [0.1, 0.15) is 30.1 Å². The quantitative estimate of drug-likeness (QED) is 0.659. The summed E-state index contributed by atoms with van der Waals surface area (Å²) in [5, 5.41) is 4.47. The van der Waals surface area contributed by atoms with Gasteiger partial charge in [0.05, 0.1) is 0 Å². The van der Waals surface area contributed by atoms with E-state index in [1.165, 1.54) is 36.4 Å². The van der Waals surface area contributed by atoms with Crippen LogP contribution in [-0.4, -0.2) is 5.91 Å². The normalized spacial score (nSPS) is 13.0. The first-order chi connectivity index (χ1) is 13.4. The van der Waals surface area contributed by atoms with Crippen LogP contribution in [0, 0.1) is 17.5 Å². The van der Waals surface area contributed by atoms with E-state index in [4.69, 9.17) is 0 Å². The van der Waals surface area contributed by atoms with Gasteiger partial charge in [0.1, 0.15) is 23.5 Å². The highest BCUT2D eigenvalue weighted by Gasteiger charge is 2.28. The number of hydrogen-bond donors (Lipinski definition) is 2. The zero-order chi connectivity index (χ0) is 20.1. The van der Waals surface area contributed by atoms with Crippen molar-refractivity contribution in [1.82, 2.24) is 0 Å². The average Bonchev–Trinajstić information content (AvgIpc) is 2.68. The SMILES string of the molecule is C[C@H]([NH2+][C@@H](C(=O)Nc1ccc(F)cc1)c1ccccc1)c1ccc(F)cc1F. The molecule has 144 valence electrons. The van der Waals surface area contributed by atoms with E-state index < -0.39 is 29.5 Å². The highest BCUT2D eigenvalue weighted by Crippen LogP contribution is 2.18. The first-order valence-electron chi connectivity index (χ1n) is 8.85. The number of quaternary nitrogens is 1. The number of carbonyl (C=O) groups is 1. The maximum atomic E-state index is 14.1. The van der Waals surface area contributed by atoms with E-state index >= 15 is 0 Å². The van der Waals surface area contributed by atoms with E-state index in [0.29, 0.717) is 11.3 Å². The number of carbonyl (C=O) groups excluding carboxylic acids is 1. The topological polar surface area (TPSA) is 45.7 Å². The van der Waals surface area contributed by atoms with Gasteiger partial charge in [0.25, 0.3) is 5.91 Å². The van der Waals surface area contributed by atoms with Crippen LogP contribution in [-0.2, 0) is 4.79 Å². The molecule has 0 spiro atoms. The molecule has 3 N–H and O–H groups in total. The Bertz CT molecular complexity index is 946. The van der Waals surface area contributed by atoms with Crippen molar-refractivity contribution < 1.29 is 23.3 Å². The molecule has 0 bridgehead atoms. The third-order valence-electron chi connectivity index (χ3n) is 4.49. The monoisotopic (exact) mass is 385 g/mol. The fourth-order valence-corrected chi connectivity index (χ4v) is 3.03. The van der Waals surface area contributed by atoms with Crippen LogP contribution >= 0.6 is 0 Å². The second kappa shape index (κ2) is 8.71. The van der Waals surface area contributed by atoms with E-state index in [1.54, 1.807) is 24.4 Å². The Balaban J connectivity index is 1.84. The lowest BCUT2D eigenvalue weighted by atomic mass is 10.0. The number of hydrogen-bond acceptors (Lipinski definition) is 1. The Morgan fingerprint density at radius 3 is 2.18 bits per heavy atom. The molecular formula is C22H20F3N2O+. The molecule has 0 aliphatic heterocycles. The van der Waals surface area contributed by atoms with Crippen LogP contribution in [0.4, 0.5) is 18.9 Å². The van der Waals surface area contributed by atoms with E-state index in [1.807, 2.05) is 18.2 Å². The highest BCUT2D eigenvalue weighted by atomic mass is 19.1. The Morgan fingerprint density at radius 1 is 0.893 bits per heavy atom. The second-order valence-electron chi connectivity index (χ2n) is 6.53. The summed E-state index contributed by atoms with van der Waals surface area (Å²) in [5.74, 6) is -2.03. The molecule has 2 atom stereocenters. The molecule has 0 aliphatic carbocycles. The summed E-state index contributed by atoms with van der Waals surface area (Å²) < 4.78 is 40.4. The molecule has 1 amide bonds. The molecule has 3 aromatic rings. The number of amides is 1. The van der Waals surface area contributed by atoms with Gasteiger partial charge in [-0.3, -0.25) is 4.79 Å². The molecule has 3 aromatic carbocycles. The number of nitrogens with two attached hydrogens (primary N) is 1. The number of nitrogens with one attached hydrogen (secondary N) is 1. The first-order valence-corrected chi connectivity index (χ1v) is 8.85. The first kappa shape index (κ1) is 19.6. The molecule has 0 radical (unpaired) electrons. The van der Waals surface area contributed by atoms with Gasteiger partial charge in [0.15, 0.2) is 6.04 Å². The van der Waals surface area contributed by atoms with Gasteiger partial charge in [0.2, 0.25) is 0 Å². The van der Waals surface area contributed by atoms with Crippen LogP contribution in [0.15, 0.2) is 72.8 Å². The van der Waals surface area contributed by atoms with Crippen LogP contribution in [0.5, 0.6) is 0 Å². The number of anilines is 1. The Hall–Kier alpha value is -3.12. The summed E-state index contributed by atoms with van der Waals surface area (Å²) in [6.07, 6.45) is 0. The van der Waals surface area contributed by atoms with Crippen molar-refractivity contribution >= 4 is 11.6 Å². The minimum absolute atomic E-state index is 0.303. The largest absolute Gasteiger partial charge is 0.326 e. The minimum atomic E-state index is -0.675. The summed E-state index contributed by atoms with van der Waals surface area (Å²) in [4.78, 5) is 12.9. The van der Waals surface area contributed by atoms with Gasteiger partial charge in [-0.1, -0.05) is 30.3 Å². The summed E-state index contributed by atoms with van der Waals surface area (Å²) >= 11 is 0. The molecule has 0 heterocycles. The summed E-state index contributed by atoms with van der Waals surface area (Å²) in [5.41, 5.74) is 1.50. The zero-order valence-corrected chi connectivity index (χ0v) is 15.2. The Kier molecular flexibility index (Phi) is 6.11. The van der Waals surface area contributed by atoms with Gasteiger partial charge in [-0.15, -0.1) is 0 Å². The van der Waals surface area contributed by atoms with Crippen molar-refractivity contribution in [3.8, 4) is 0 Å². The van der Waals surface area contributed by atoms with Crippen molar-refractivity contribution in [3.05, 3.63) is 101 Å². The molecule has 0 saturated carbocycles.